The molecule has 0 radical (unpaired) electrons. The van der Waals surface area contributed by atoms with Gasteiger partial charge in [0.05, 0.1) is 10.0 Å². The second-order valence-electron chi connectivity index (χ2n) is 5.67. The highest BCUT2D eigenvalue weighted by molar-refractivity contribution is 7.12. The van der Waals surface area contributed by atoms with E-state index in [2.05, 4.69) is 0 Å². The first kappa shape index (κ1) is 18.8. The number of para-hydroxylation sites is 1. The molecule has 0 amide bonds. The van der Waals surface area contributed by atoms with Crippen LogP contribution in [0, 0.1) is 13.8 Å². The van der Waals surface area contributed by atoms with Crippen molar-refractivity contribution in [1.29, 1.82) is 0 Å². The van der Waals surface area contributed by atoms with Gasteiger partial charge in [-0.1, -0.05) is 29.3 Å². The van der Waals surface area contributed by atoms with E-state index in [4.69, 9.17) is 32.4 Å². The molecule has 3 aromatic rings. The highest BCUT2D eigenvalue weighted by Crippen LogP contribution is 2.33. The van der Waals surface area contributed by atoms with Crippen molar-refractivity contribution in [3.05, 3.63) is 79.4 Å². The first-order chi connectivity index (χ1) is 12.4. The molecule has 0 bridgehead atoms. The van der Waals surface area contributed by atoms with E-state index in [1.807, 2.05) is 19.9 Å². The number of thiophene rings is 1. The number of furan rings is 1. The molecule has 134 valence electrons. The average molecular weight is 407 g/mol. The van der Waals surface area contributed by atoms with Gasteiger partial charge in [0.25, 0.3) is 0 Å². The van der Waals surface area contributed by atoms with Crippen LogP contribution in [0.2, 0.25) is 10.0 Å². The molecule has 6 heteroatoms. The lowest BCUT2D eigenvalue weighted by Crippen LogP contribution is -1.95. The van der Waals surface area contributed by atoms with Gasteiger partial charge in [-0.2, -0.15) is 0 Å². The lowest BCUT2D eigenvalue weighted by molar-refractivity contribution is 0.104. The predicted molar refractivity (Wildman–Crippen MR) is 107 cm³/mol. The average Bonchev–Trinajstić information content (AvgIpc) is 3.18. The summed E-state index contributed by atoms with van der Waals surface area (Å²) in [5, 5.41) is 0.882. The molecule has 0 aliphatic rings. The van der Waals surface area contributed by atoms with Crippen LogP contribution in [0.15, 0.2) is 46.9 Å². The number of halogens is 2. The lowest BCUT2D eigenvalue weighted by Gasteiger charge is -2.07. The standard InChI is InChI=1S/C20H16Cl2O3S/c1-12-10-16(13(2)26-12)19(23)9-8-14-6-7-15(25-14)11-24-20-17(21)4-3-5-18(20)22/h3-10H,11H2,1-2H3/b9-8+. The summed E-state index contributed by atoms with van der Waals surface area (Å²) in [6.07, 6.45) is 3.17. The summed E-state index contributed by atoms with van der Waals surface area (Å²) in [5.41, 5.74) is 0.729. The van der Waals surface area contributed by atoms with Crippen molar-refractivity contribution in [3.63, 3.8) is 0 Å². The van der Waals surface area contributed by atoms with E-state index in [1.165, 1.54) is 6.08 Å². The molecule has 0 aliphatic heterocycles. The van der Waals surface area contributed by atoms with Crippen LogP contribution in [0.5, 0.6) is 5.75 Å². The van der Waals surface area contributed by atoms with Crippen molar-refractivity contribution < 1.29 is 13.9 Å². The van der Waals surface area contributed by atoms with Crippen LogP contribution in [0.3, 0.4) is 0 Å². The Kier molecular flexibility index (Phi) is 5.87. The minimum Gasteiger partial charge on any atom is -0.483 e. The van der Waals surface area contributed by atoms with E-state index in [1.54, 1.807) is 47.7 Å². The zero-order valence-electron chi connectivity index (χ0n) is 14.2. The minimum atomic E-state index is -0.0381. The van der Waals surface area contributed by atoms with Crippen molar-refractivity contribution in [2.75, 3.05) is 0 Å². The molecule has 1 aromatic carbocycles. The fourth-order valence-corrected chi connectivity index (χ4v) is 3.88. The normalized spacial score (nSPS) is 11.2. The monoisotopic (exact) mass is 406 g/mol. The van der Waals surface area contributed by atoms with Gasteiger partial charge < -0.3 is 9.15 Å². The Labute approximate surface area is 165 Å². The summed E-state index contributed by atoms with van der Waals surface area (Å²) >= 11 is 13.8. The molecule has 0 aliphatic carbocycles. The van der Waals surface area contributed by atoms with Gasteiger partial charge in [-0.15, -0.1) is 11.3 Å². The summed E-state index contributed by atoms with van der Waals surface area (Å²) in [6.45, 7) is 4.12. The fraction of sp³-hybridized carbons (Fsp3) is 0.150. The first-order valence-electron chi connectivity index (χ1n) is 7.89. The predicted octanol–water partition coefficient (Wildman–Crippen LogP) is 6.74. The van der Waals surface area contributed by atoms with Crippen molar-refractivity contribution in [2.45, 2.75) is 20.5 Å². The van der Waals surface area contributed by atoms with Crippen LogP contribution < -0.4 is 4.74 Å². The second kappa shape index (κ2) is 8.12. The Hall–Kier alpha value is -2.01. The SMILES string of the molecule is Cc1cc(C(=O)/C=C/c2ccc(COc3c(Cl)cccc3Cl)o2)c(C)s1. The van der Waals surface area contributed by atoms with Gasteiger partial charge in [-0.3, -0.25) is 4.79 Å². The smallest absolute Gasteiger partial charge is 0.187 e. The van der Waals surface area contributed by atoms with E-state index in [0.29, 0.717) is 27.3 Å². The number of rotatable bonds is 6. The van der Waals surface area contributed by atoms with E-state index in [0.717, 1.165) is 15.3 Å². The lowest BCUT2D eigenvalue weighted by atomic mass is 10.1. The van der Waals surface area contributed by atoms with Crippen LogP contribution in [0.4, 0.5) is 0 Å². The molecule has 0 atom stereocenters. The van der Waals surface area contributed by atoms with Gasteiger partial charge in [0.2, 0.25) is 0 Å². The first-order valence-corrected chi connectivity index (χ1v) is 9.46. The number of benzene rings is 1. The third kappa shape index (κ3) is 4.39. The van der Waals surface area contributed by atoms with Crippen LogP contribution in [-0.2, 0) is 6.61 Å². The maximum absolute atomic E-state index is 12.3. The third-order valence-electron chi connectivity index (χ3n) is 3.67. The van der Waals surface area contributed by atoms with Crippen LogP contribution in [0.1, 0.15) is 31.6 Å². The van der Waals surface area contributed by atoms with E-state index >= 15 is 0 Å². The molecule has 0 fully saturated rings. The number of hydrogen-bond donors (Lipinski definition) is 0. The molecule has 0 spiro atoms. The highest BCUT2D eigenvalue weighted by atomic mass is 35.5. The van der Waals surface area contributed by atoms with E-state index in [-0.39, 0.29) is 12.4 Å². The van der Waals surface area contributed by atoms with E-state index < -0.39 is 0 Å². The quantitative estimate of drug-likeness (QED) is 0.336. The molecule has 0 unspecified atom stereocenters. The maximum atomic E-state index is 12.3. The Bertz CT molecular complexity index is 949. The van der Waals surface area contributed by atoms with Gasteiger partial charge in [0, 0.05) is 15.3 Å². The number of ketones is 1. The Balaban J connectivity index is 1.64. The molecular weight excluding hydrogens is 391 g/mol. The maximum Gasteiger partial charge on any atom is 0.187 e. The van der Waals surface area contributed by atoms with Crippen molar-refractivity contribution in [1.82, 2.24) is 0 Å². The number of ether oxygens (including phenoxy) is 1. The van der Waals surface area contributed by atoms with Gasteiger partial charge >= 0.3 is 0 Å². The Morgan fingerprint density at radius 1 is 1.19 bits per heavy atom. The summed E-state index contributed by atoms with van der Waals surface area (Å²) < 4.78 is 11.3. The molecule has 0 saturated heterocycles. The molecule has 0 N–H and O–H groups in total. The third-order valence-corrected chi connectivity index (χ3v) is 5.23. The minimum absolute atomic E-state index is 0.0381. The number of allylic oxidation sites excluding steroid dienone is 1. The summed E-state index contributed by atoms with van der Waals surface area (Å²) in [6, 6.07) is 10.6. The topological polar surface area (TPSA) is 39.4 Å². The number of carbonyl (C=O) groups excluding carboxylic acids is 1. The number of hydrogen-bond acceptors (Lipinski definition) is 4. The Morgan fingerprint density at radius 3 is 2.58 bits per heavy atom. The molecular formula is C20H16Cl2O3S. The van der Waals surface area contributed by atoms with Crippen LogP contribution in [0.25, 0.3) is 6.08 Å². The van der Waals surface area contributed by atoms with Gasteiger partial charge in [-0.25, -0.2) is 0 Å². The molecule has 0 saturated carbocycles. The second-order valence-corrected chi connectivity index (χ2v) is 7.94. The highest BCUT2D eigenvalue weighted by Gasteiger charge is 2.10. The van der Waals surface area contributed by atoms with Gasteiger partial charge in [0.15, 0.2) is 11.5 Å². The van der Waals surface area contributed by atoms with Crippen molar-refractivity contribution in [3.8, 4) is 5.75 Å². The van der Waals surface area contributed by atoms with Crippen molar-refractivity contribution in [2.24, 2.45) is 0 Å². The molecule has 26 heavy (non-hydrogen) atoms. The van der Waals surface area contributed by atoms with Crippen LogP contribution in [-0.4, -0.2) is 5.78 Å². The Morgan fingerprint density at radius 2 is 1.92 bits per heavy atom. The zero-order chi connectivity index (χ0) is 18.7. The summed E-state index contributed by atoms with van der Waals surface area (Å²) in [7, 11) is 0. The molecule has 2 aromatic heterocycles. The van der Waals surface area contributed by atoms with Gasteiger partial charge in [-0.05, 0) is 56.3 Å². The van der Waals surface area contributed by atoms with Gasteiger partial charge in [0.1, 0.15) is 18.1 Å². The summed E-state index contributed by atoms with van der Waals surface area (Å²) in [5.74, 6) is 1.56. The molecule has 2 heterocycles. The summed E-state index contributed by atoms with van der Waals surface area (Å²) in [4.78, 5) is 14.4. The zero-order valence-corrected chi connectivity index (χ0v) is 16.5. The largest absolute Gasteiger partial charge is 0.483 e. The van der Waals surface area contributed by atoms with Crippen LogP contribution >= 0.6 is 34.5 Å². The van der Waals surface area contributed by atoms with Crippen molar-refractivity contribution >= 4 is 46.4 Å². The fourth-order valence-electron chi connectivity index (χ4n) is 2.45. The molecule has 3 nitrogen and oxygen atoms in total. The van der Waals surface area contributed by atoms with E-state index in [9.17, 15) is 4.79 Å². The molecule has 3 rings (SSSR count). The number of aryl methyl sites for hydroxylation is 2. The number of carbonyl (C=O) groups is 1.